The molecule has 1 heterocycles. The lowest BCUT2D eigenvalue weighted by atomic mass is 10.3. The Balaban J connectivity index is 2.63. The molecular weight excluding hydrogens is 264 g/mol. The van der Waals surface area contributed by atoms with E-state index in [4.69, 9.17) is 12.2 Å². The second-order valence-electron chi connectivity index (χ2n) is 3.78. The molecule has 16 heavy (non-hydrogen) atoms. The summed E-state index contributed by atoms with van der Waals surface area (Å²) in [5, 5.41) is 0. The van der Waals surface area contributed by atoms with Gasteiger partial charge in [0.2, 0.25) is 0 Å². The fourth-order valence-corrected chi connectivity index (χ4v) is 2.76. The number of nitrogens with zero attached hydrogens (tertiary/aromatic N) is 1. The van der Waals surface area contributed by atoms with E-state index in [0.29, 0.717) is 3.95 Å². The summed E-state index contributed by atoms with van der Waals surface area (Å²) in [5.74, 6) is 0. The Kier molecular flexibility index (Phi) is 2.97. The summed E-state index contributed by atoms with van der Waals surface area (Å²) in [6, 6.07) is 5.61. The second-order valence-corrected chi connectivity index (χ2v) is 6.87. The van der Waals surface area contributed by atoms with Gasteiger partial charge in [-0.2, -0.15) is 8.10 Å². The Morgan fingerprint density at radius 2 is 2.19 bits per heavy atom. The predicted octanol–water partition coefficient (Wildman–Crippen LogP) is 2.66. The SMILES string of the molecule is C[N+](C)(c1ccc2sc(=S)[nH]c2c1)S(=O)O. The topological polar surface area (TPSA) is 53.1 Å². The molecule has 0 spiro atoms. The van der Waals surface area contributed by atoms with E-state index < -0.39 is 11.3 Å². The maximum atomic E-state index is 11.2. The largest absolute Gasteiger partial charge is 0.363 e. The number of fused-ring (bicyclic) bond motifs is 1. The zero-order valence-electron chi connectivity index (χ0n) is 8.76. The van der Waals surface area contributed by atoms with Gasteiger partial charge in [0.1, 0.15) is 5.69 Å². The molecule has 1 aromatic heterocycles. The molecule has 0 bridgehead atoms. The molecule has 0 saturated carbocycles. The highest BCUT2D eigenvalue weighted by Gasteiger charge is 2.26. The van der Waals surface area contributed by atoms with Gasteiger partial charge in [0.25, 0.3) is 0 Å². The van der Waals surface area contributed by atoms with Crippen molar-refractivity contribution in [1.29, 1.82) is 0 Å². The summed E-state index contributed by atoms with van der Waals surface area (Å²) < 4.78 is 22.1. The minimum Gasteiger partial charge on any atom is -0.337 e. The third kappa shape index (κ3) is 1.96. The fourth-order valence-electron chi connectivity index (χ4n) is 1.37. The third-order valence-electron chi connectivity index (χ3n) is 2.41. The predicted molar refractivity (Wildman–Crippen MR) is 71.4 cm³/mol. The standard InChI is InChI=1S/C9H10N2O2S3/c1-11(2,16(12)13)6-3-4-8-7(5-6)10-9(14)15-8/h3-5H,1-2H3,(H-,10,12,13,14)/p+1. The van der Waals surface area contributed by atoms with Gasteiger partial charge in [0, 0.05) is 12.1 Å². The summed E-state index contributed by atoms with van der Waals surface area (Å²) in [5.41, 5.74) is 1.67. The van der Waals surface area contributed by atoms with E-state index in [1.165, 1.54) is 11.3 Å². The number of hydrogen-bond acceptors (Lipinski definition) is 3. The summed E-state index contributed by atoms with van der Waals surface area (Å²) in [7, 11) is 3.36. The van der Waals surface area contributed by atoms with Gasteiger partial charge in [0.15, 0.2) is 3.95 Å². The lowest BCUT2D eigenvalue weighted by Crippen LogP contribution is -2.41. The molecule has 1 aromatic carbocycles. The molecule has 1 atom stereocenters. The van der Waals surface area contributed by atoms with E-state index in [2.05, 4.69) is 4.98 Å². The number of benzene rings is 1. The van der Waals surface area contributed by atoms with E-state index in [0.717, 1.165) is 15.9 Å². The van der Waals surface area contributed by atoms with Crippen molar-refractivity contribution in [3.63, 3.8) is 0 Å². The maximum absolute atomic E-state index is 11.2. The highest BCUT2D eigenvalue weighted by atomic mass is 32.2. The van der Waals surface area contributed by atoms with Gasteiger partial charge in [-0.1, -0.05) is 0 Å². The lowest BCUT2D eigenvalue weighted by Gasteiger charge is -2.22. The Bertz CT molecular complexity index is 614. The minimum absolute atomic E-state index is 0.0909. The number of hydrogen-bond donors (Lipinski definition) is 2. The van der Waals surface area contributed by atoms with Crippen molar-refractivity contribution in [3.05, 3.63) is 22.2 Å². The number of rotatable bonds is 2. The van der Waals surface area contributed by atoms with Crippen molar-refractivity contribution < 1.29 is 8.76 Å². The maximum Gasteiger partial charge on any atom is 0.363 e. The highest BCUT2D eigenvalue weighted by molar-refractivity contribution is 7.78. The van der Waals surface area contributed by atoms with Crippen molar-refractivity contribution in [2.24, 2.45) is 0 Å². The Labute approximate surface area is 105 Å². The lowest BCUT2D eigenvalue weighted by molar-refractivity contribution is 0.484. The third-order valence-corrected chi connectivity index (χ3v) is 4.62. The summed E-state index contributed by atoms with van der Waals surface area (Å²) in [4.78, 5) is 3.05. The molecule has 1 unspecified atom stereocenters. The van der Waals surface area contributed by atoms with Gasteiger partial charge in [-0.3, -0.25) is 4.55 Å². The van der Waals surface area contributed by atoms with E-state index in [-0.39, 0.29) is 3.89 Å². The van der Waals surface area contributed by atoms with Crippen LogP contribution in [0.25, 0.3) is 10.2 Å². The van der Waals surface area contributed by atoms with Crippen LogP contribution in [0, 0.1) is 3.95 Å². The zero-order valence-corrected chi connectivity index (χ0v) is 11.2. The smallest absolute Gasteiger partial charge is 0.337 e. The van der Waals surface area contributed by atoms with Crippen molar-refractivity contribution in [3.8, 4) is 0 Å². The molecular formula is C9H11N2O2S3+. The molecule has 2 rings (SSSR count). The van der Waals surface area contributed by atoms with Gasteiger partial charge in [-0.25, -0.2) is 0 Å². The van der Waals surface area contributed by atoms with Gasteiger partial charge < -0.3 is 4.98 Å². The summed E-state index contributed by atoms with van der Waals surface area (Å²) in [6.45, 7) is 0. The van der Waals surface area contributed by atoms with Crippen LogP contribution in [0.5, 0.6) is 0 Å². The summed E-state index contributed by atoms with van der Waals surface area (Å²) in [6.07, 6.45) is 0. The Hall–Kier alpha value is -0.600. The monoisotopic (exact) mass is 275 g/mol. The van der Waals surface area contributed by atoms with Gasteiger partial charge in [0.05, 0.1) is 24.3 Å². The van der Waals surface area contributed by atoms with Gasteiger partial charge >= 0.3 is 11.3 Å². The Morgan fingerprint density at radius 1 is 1.50 bits per heavy atom. The van der Waals surface area contributed by atoms with E-state index >= 15 is 0 Å². The van der Waals surface area contributed by atoms with Crippen LogP contribution in [0.3, 0.4) is 0 Å². The quantitative estimate of drug-likeness (QED) is 0.503. The number of thiazole rings is 1. The average Bonchev–Trinajstić information content (AvgIpc) is 2.56. The molecule has 86 valence electrons. The second kappa shape index (κ2) is 4.01. The molecule has 0 fully saturated rings. The van der Waals surface area contributed by atoms with Crippen LogP contribution in [0.2, 0.25) is 0 Å². The molecule has 4 nitrogen and oxygen atoms in total. The van der Waals surface area contributed by atoms with Crippen LogP contribution < -0.4 is 3.89 Å². The van der Waals surface area contributed by atoms with Gasteiger partial charge in [-0.05, 0) is 18.3 Å². The average molecular weight is 275 g/mol. The number of quaternary nitrogens is 1. The zero-order chi connectivity index (χ0) is 11.9. The molecule has 2 N–H and O–H groups in total. The normalized spacial score (nSPS) is 14.2. The Morgan fingerprint density at radius 3 is 2.81 bits per heavy atom. The molecule has 0 amide bonds. The fraction of sp³-hybridized carbons (Fsp3) is 0.222. The van der Waals surface area contributed by atoms with E-state index in [9.17, 15) is 8.76 Å². The van der Waals surface area contributed by atoms with E-state index in [1.54, 1.807) is 14.1 Å². The minimum atomic E-state index is -1.96. The van der Waals surface area contributed by atoms with Crippen LogP contribution in [-0.4, -0.2) is 27.8 Å². The summed E-state index contributed by atoms with van der Waals surface area (Å²) >= 11 is 4.58. The number of aromatic amines is 1. The van der Waals surface area contributed by atoms with Crippen molar-refractivity contribution in [2.75, 3.05) is 14.1 Å². The van der Waals surface area contributed by atoms with Crippen molar-refractivity contribution in [2.45, 2.75) is 0 Å². The molecule has 0 radical (unpaired) electrons. The van der Waals surface area contributed by atoms with Crippen LogP contribution >= 0.6 is 23.6 Å². The van der Waals surface area contributed by atoms with Crippen LogP contribution in [0.4, 0.5) is 5.69 Å². The highest BCUT2D eigenvalue weighted by Crippen LogP contribution is 2.27. The first-order valence-corrected chi connectivity index (χ1v) is 6.79. The molecule has 2 aromatic rings. The molecule has 0 saturated heterocycles. The van der Waals surface area contributed by atoms with Crippen LogP contribution in [0.15, 0.2) is 18.2 Å². The van der Waals surface area contributed by atoms with Crippen LogP contribution in [-0.2, 0) is 11.3 Å². The first kappa shape index (κ1) is 11.9. The molecule has 7 heteroatoms. The molecule has 0 aliphatic carbocycles. The number of aromatic nitrogens is 1. The van der Waals surface area contributed by atoms with Gasteiger partial charge in [-0.15, -0.1) is 11.3 Å². The van der Waals surface area contributed by atoms with Crippen molar-refractivity contribution in [1.82, 2.24) is 8.87 Å². The molecule has 0 aliphatic heterocycles. The molecule has 0 aliphatic rings. The van der Waals surface area contributed by atoms with Crippen molar-refractivity contribution >= 4 is 50.7 Å². The first-order chi connectivity index (χ1) is 7.41. The first-order valence-electron chi connectivity index (χ1n) is 4.50. The van der Waals surface area contributed by atoms with Crippen LogP contribution in [0.1, 0.15) is 0 Å². The number of H-pyrrole nitrogens is 1. The van der Waals surface area contributed by atoms with E-state index in [1.807, 2.05) is 18.2 Å². The number of nitrogens with one attached hydrogen (secondary N) is 1.